The van der Waals surface area contributed by atoms with E-state index < -0.39 is 0 Å². The van der Waals surface area contributed by atoms with Gasteiger partial charge in [-0.15, -0.1) is 0 Å². The summed E-state index contributed by atoms with van der Waals surface area (Å²) in [5.41, 5.74) is 1.90. The molecule has 1 saturated heterocycles. The monoisotopic (exact) mass is 244 g/mol. The summed E-state index contributed by atoms with van der Waals surface area (Å²) < 4.78 is 0. The average Bonchev–Trinajstić information content (AvgIpc) is 2.51. The van der Waals surface area contributed by atoms with Gasteiger partial charge in [-0.2, -0.15) is 0 Å². The van der Waals surface area contributed by atoms with Gasteiger partial charge in [0.15, 0.2) is 0 Å². The summed E-state index contributed by atoms with van der Waals surface area (Å²) in [7, 11) is 0. The van der Waals surface area contributed by atoms with E-state index in [4.69, 9.17) is 0 Å². The standard InChI is InChI=1S/C14H16N2O2/c1-9-6-11-12(7-13(9)17)15-8-10-4-2-3-5-16(10)14(11)18/h6-8,10,17H,2-5H2,1H3/t10-/m0/s1. The van der Waals surface area contributed by atoms with Gasteiger partial charge < -0.3 is 10.0 Å². The van der Waals surface area contributed by atoms with Crippen molar-refractivity contribution < 1.29 is 9.90 Å². The van der Waals surface area contributed by atoms with E-state index in [0.717, 1.165) is 25.8 Å². The maximum absolute atomic E-state index is 12.5. The molecule has 18 heavy (non-hydrogen) atoms. The van der Waals surface area contributed by atoms with Gasteiger partial charge in [-0.05, 0) is 37.8 Å². The first kappa shape index (κ1) is 11.3. The number of fused-ring (bicyclic) bond motifs is 2. The van der Waals surface area contributed by atoms with Crippen molar-refractivity contribution in [3.05, 3.63) is 23.3 Å². The highest BCUT2D eigenvalue weighted by Crippen LogP contribution is 2.32. The number of nitrogens with zero attached hydrogens (tertiary/aromatic N) is 2. The van der Waals surface area contributed by atoms with Crippen LogP contribution in [-0.2, 0) is 0 Å². The van der Waals surface area contributed by atoms with Crippen molar-refractivity contribution in [2.24, 2.45) is 4.99 Å². The number of hydrogen-bond acceptors (Lipinski definition) is 3. The first-order valence-electron chi connectivity index (χ1n) is 6.35. The smallest absolute Gasteiger partial charge is 0.256 e. The molecule has 1 amide bonds. The number of phenolic OH excluding ortho intramolecular Hbond substituents is 1. The van der Waals surface area contributed by atoms with Gasteiger partial charge in [0.2, 0.25) is 0 Å². The van der Waals surface area contributed by atoms with Crippen molar-refractivity contribution in [2.45, 2.75) is 32.2 Å². The number of aliphatic imine (C=N–C) groups is 1. The quantitative estimate of drug-likeness (QED) is 0.762. The van der Waals surface area contributed by atoms with Crippen LogP contribution < -0.4 is 0 Å². The molecule has 2 aliphatic rings. The first-order valence-corrected chi connectivity index (χ1v) is 6.35. The van der Waals surface area contributed by atoms with E-state index in [-0.39, 0.29) is 17.7 Å². The Bertz CT molecular complexity index is 537. The summed E-state index contributed by atoms with van der Waals surface area (Å²) in [5.74, 6) is 0.230. The van der Waals surface area contributed by atoms with Gasteiger partial charge in [-0.25, -0.2) is 0 Å². The number of carbonyl (C=O) groups is 1. The summed E-state index contributed by atoms with van der Waals surface area (Å²) in [5, 5.41) is 9.71. The molecule has 0 aliphatic carbocycles. The van der Waals surface area contributed by atoms with Gasteiger partial charge in [0.25, 0.3) is 5.91 Å². The van der Waals surface area contributed by atoms with Crippen LogP contribution in [0.2, 0.25) is 0 Å². The topological polar surface area (TPSA) is 52.9 Å². The lowest BCUT2D eigenvalue weighted by molar-refractivity contribution is 0.0688. The number of hydrogen-bond donors (Lipinski definition) is 1. The Morgan fingerprint density at radius 3 is 3.06 bits per heavy atom. The van der Waals surface area contributed by atoms with E-state index >= 15 is 0 Å². The minimum absolute atomic E-state index is 0.0373. The fraction of sp³-hybridized carbons (Fsp3) is 0.429. The van der Waals surface area contributed by atoms with Gasteiger partial charge in [-0.3, -0.25) is 9.79 Å². The normalized spacial score (nSPS) is 22.4. The number of piperidine rings is 1. The van der Waals surface area contributed by atoms with E-state index in [9.17, 15) is 9.90 Å². The SMILES string of the molecule is Cc1cc2c(cc1O)N=C[C@@H]1CCCCN1C2=O. The summed E-state index contributed by atoms with van der Waals surface area (Å²) in [4.78, 5) is 18.8. The fourth-order valence-electron chi connectivity index (χ4n) is 2.65. The number of amides is 1. The number of rotatable bonds is 0. The fourth-order valence-corrected chi connectivity index (χ4v) is 2.65. The molecule has 0 spiro atoms. The number of carbonyl (C=O) groups excluding carboxylic acids is 1. The summed E-state index contributed by atoms with van der Waals surface area (Å²) in [6.45, 7) is 2.60. The number of phenols is 1. The Labute approximate surface area is 106 Å². The molecule has 0 unspecified atom stereocenters. The van der Waals surface area contributed by atoms with Gasteiger partial charge in [0.1, 0.15) is 5.75 Å². The molecular formula is C14H16N2O2. The van der Waals surface area contributed by atoms with Crippen molar-refractivity contribution in [3.63, 3.8) is 0 Å². The van der Waals surface area contributed by atoms with Gasteiger partial charge >= 0.3 is 0 Å². The number of aryl methyl sites for hydroxylation is 1. The molecule has 1 atom stereocenters. The van der Waals surface area contributed by atoms with E-state index in [1.165, 1.54) is 0 Å². The third kappa shape index (κ3) is 1.68. The molecule has 0 saturated carbocycles. The molecule has 94 valence electrons. The molecule has 3 rings (SSSR count). The summed E-state index contributed by atoms with van der Waals surface area (Å²) in [6, 6.07) is 3.43. The van der Waals surface area contributed by atoms with Crippen molar-refractivity contribution in [1.29, 1.82) is 0 Å². The van der Waals surface area contributed by atoms with E-state index in [1.807, 2.05) is 11.1 Å². The largest absolute Gasteiger partial charge is 0.508 e. The molecule has 1 aromatic carbocycles. The predicted octanol–water partition coefficient (Wildman–Crippen LogP) is 2.41. The number of aromatic hydroxyl groups is 1. The maximum Gasteiger partial charge on any atom is 0.256 e. The minimum atomic E-state index is 0.0373. The zero-order valence-corrected chi connectivity index (χ0v) is 10.4. The van der Waals surface area contributed by atoms with Crippen molar-refractivity contribution in [2.75, 3.05) is 6.54 Å². The predicted molar refractivity (Wildman–Crippen MR) is 69.7 cm³/mol. The summed E-state index contributed by atoms with van der Waals surface area (Å²) in [6.07, 6.45) is 5.02. The van der Waals surface area contributed by atoms with E-state index in [2.05, 4.69) is 4.99 Å². The number of benzene rings is 1. The lowest BCUT2D eigenvalue weighted by atomic mass is 10.0. The Hall–Kier alpha value is -1.84. The lowest BCUT2D eigenvalue weighted by Gasteiger charge is -2.32. The van der Waals surface area contributed by atoms with Gasteiger partial charge in [0, 0.05) is 18.8 Å². The molecule has 0 radical (unpaired) electrons. The third-order valence-electron chi connectivity index (χ3n) is 3.74. The van der Waals surface area contributed by atoms with Crippen LogP contribution in [0.3, 0.4) is 0 Å². The van der Waals surface area contributed by atoms with E-state index in [1.54, 1.807) is 19.1 Å². The highest BCUT2D eigenvalue weighted by atomic mass is 16.3. The Kier molecular flexibility index (Phi) is 2.58. The van der Waals surface area contributed by atoms with Crippen LogP contribution in [-0.4, -0.2) is 34.7 Å². The highest BCUT2D eigenvalue weighted by Gasteiger charge is 2.30. The van der Waals surface area contributed by atoms with Crippen LogP contribution in [0.4, 0.5) is 5.69 Å². The molecule has 1 fully saturated rings. The van der Waals surface area contributed by atoms with Gasteiger partial charge in [-0.1, -0.05) is 0 Å². The Morgan fingerprint density at radius 1 is 1.39 bits per heavy atom. The second-order valence-electron chi connectivity index (χ2n) is 5.00. The molecule has 4 heteroatoms. The zero-order valence-electron chi connectivity index (χ0n) is 10.4. The van der Waals surface area contributed by atoms with Crippen LogP contribution in [0, 0.1) is 6.92 Å². The second-order valence-corrected chi connectivity index (χ2v) is 5.00. The van der Waals surface area contributed by atoms with Crippen molar-refractivity contribution in [3.8, 4) is 5.75 Å². The molecular weight excluding hydrogens is 228 g/mol. The third-order valence-corrected chi connectivity index (χ3v) is 3.74. The molecule has 2 aliphatic heterocycles. The van der Waals surface area contributed by atoms with Crippen LogP contribution in [0.15, 0.2) is 17.1 Å². The minimum Gasteiger partial charge on any atom is -0.508 e. The van der Waals surface area contributed by atoms with Crippen LogP contribution in [0.25, 0.3) is 0 Å². The van der Waals surface area contributed by atoms with Crippen LogP contribution in [0.1, 0.15) is 35.2 Å². The molecule has 0 bridgehead atoms. The molecule has 2 heterocycles. The maximum atomic E-state index is 12.5. The Balaban J connectivity index is 2.10. The molecule has 1 aromatic rings. The second kappa shape index (κ2) is 4.12. The summed E-state index contributed by atoms with van der Waals surface area (Å²) >= 11 is 0. The molecule has 4 nitrogen and oxygen atoms in total. The highest BCUT2D eigenvalue weighted by molar-refractivity contribution is 6.03. The molecule has 0 aromatic heterocycles. The zero-order chi connectivity index (χ0) is 12.7. The lowest BCUT2D eigenvalue weighted by Crippen LogP contribution is -2.43. The van der Waals surface area contributed by atoms with Gasteiger partial charge in [0.05, 0.1) is 17.3 Å². The first-order chi connectivity index (χ1) is 8.66. The van der Waals surface area contributed by atoms with Crippen LogP contribution in [0.5, 0.6) is 5.75 Å². The van der Waals surface area contributed by atoms with Crippen molar-refractivity contribution in [1.82, 2.24) is 4.90 Å². The Morgan fingerprint density at radius 2 is 2.22 bits per heavy atom. The van der Waals surface area contributed by atoms with E-state index in [0.29, 0.717) is 16.8 Å². The van der Waals surface area contributed by atoms with Crippen molar-refractivity contribution >= 4 is 17.8 Å². The average molecular weight is 244 g/mol. The van der Waals surface area contributed by atoms with Crippen LogP contribution >= 0.6 is 0 Å². The molecule has 1 N–H and O–H groups in total.